The van der Waals surface area contributed by atoms with Gasteiger partial charge in [0.2, 0.25) is 0 Å². The van der Waals surface area contributed by atoms with Crippen LogP contribution in [0.15, 0.2) is 66.7 Å². The van der Waals surface area contributed by atoms with Gasteiger partial charge in [-0.1, -0.05) is 42.5 Å². The molecule has 1 atom stereocenters. The zero-order chi connectivity index (χ0) is 18.6. The summed E-state index contributed by atoms with van der Waals surface area (Å²) in [5, 5.41) is 0. The van der Waals surface area contributed by atoms with Gasteiger partial charge < -0.3 is 10.5 Å². The molecule has 0 saturated heterocycles. The molecule has 27 heavy (non-hydrogen) atoms. The van der Waals surface area contributed by atoms with E-state index in [9.17, 15) is 0 Å². The number of hydrogen-bond acceptors (Lipinski definition) is 3. The number of anilines is 1. The molecule has 2 N–H and O–H groups in total. The second kappa shape index (κ2) is 7.83. The van der Waals surface area contributed by atoms with Crippen molar-refractivity contribution in [2.45, 2.75) is 31.6 Å². The third-order valence-corrected chi connectivity index (χ3v) is 5.32. The van der Waals surface area contributed by atoms with Crippen molar-refractivity contribution in [1.82, 2.24) is 4.98 Å². The van der Waals surface area contributed by atoms with Gasteiger partial charge in [0.05, 0.1) is 12.8 Å². The first-order valence-electron chi connectivity index (χ1n) is 9.65. The van der Waals surface area contributed by atoms with Gasteiger partial charge >= 0.3 is 0 Å². The Labute approximate surface area is 161 Å². The van der Waals surface area contributed by atoms with Crippen molar-refractivity contribution in [1.29, 1.82) is 0 Å². The van der Waals surface area contributed by atoms with Crippen LogP contribution in [0, 0.1) is 5.92 Å². The summed E-state index contributed by atoms with van der Waals surface area (Å²) in [5.41, 5.74) is 11.0. The number of ether oxygens (including phenoxy) is 1. The predicted octanol–water partition coefficient (Wildman–Crippen LogP) is 5.00. The highest BCUT2D eigenvalue weighted by Gasteiger charge is 2.22. The first kappa shape index (κ1) is 17.6. The lowest BCUT2D eigenvalue weighted by molar-refractivity contribution is 0.414. The Kier molecular flexibility index (Phi) is 5.10. The van der Waals surface area contributed by atoms with Gasteiger partial charge in [0, 0.05) is 5.92 Å². The van der Waals surface area contributed by atoms with Crippen molar-refractivity contribution in [3.8, 4) is 5.75 Å². The van der Waals surface area contributed by atoms with E-state index in [1.54, 1.807) is 7.11 Å². The number of pyridine rings is 1. The standard InChI is InChI=1S/C24H26N2O/c1-27-21-12-10-20(11-13-21)22(23-6-3-7-24(25)26-23)16-19-5-2-4-18(15-19)14-17-8-9-17/h2-7,10-13,15,17,22H,8-9,14,16H2,1H3,(H2,25,26). The van der Waals surface area contributed by atoms with E-state index in [0.29, 0.717) is 5.82 Å². The lowest BCUT2D eigenvalue weighted by Gasteiger charge is -2.18. The number of methoxy groups -OCH3 is 1. The molecule has 138 valence electrons. The molecule has 1 heterocycles. The number of nitrogens with two attached hydrogens (primary N) is 1. The van der Waals surface area contributed by atoms with E-state index < -0.39 is 0 Å². The monoisotopic (exact) mass is 358 g/mol. The van der Waals surface area contributed by atoms with Crippen molar-refractivity contribution in [2.24, 2.45) is 5.92 Å². The molecule has 1 aliphatic rings. The van der Waals surface area contributed by atoms with Gasteiger partial charge in [0.15, 0.2) is 0 Å². The Balaban J connectivity index is 1.64. The van der Waals surface area contributed by atoms with E-state index in [0.717, 1.165) is 23.8 Å². The van der Waals surface area contributed by atoms with Crippen LogP contribution in [0.3, 0.4) is 0 Å². The average molecular weight is 358 g/mol. The SMILES string of the molecule is COc1ccc(C(Cc2cccc(CC3CC3)c2)c2cccc(N)n2)cc1. The number of benzene rings is 2. The summed E-state index contributed by atoms with van der Waals surface area (Å²) in [6, 6.07) is 23.2. The Morgan fingerprint density at radius 2 is 1.74 bits per heavy atom. The Morgan fingerprint density at radius 1 is 1.00 bits per heavy atom. The molecule has 3 nitrogen and oxygen atoms in total. The molecule has 0 bridgehead atoms. The molecule has 0 amide bonds. The quantitative estimate of drug-likeness (QED) is 0.646. The molecule has 0 radical (unpaired) electrons. The fourth-order valence-corrected chi connectivity index (χ4v) is 3.67. The number of hydrogen-bond donors (Lipinski definition) is 1. The third-order valence-electron chi connectivity index (χ3n) is 5.32. The summed E-state index contributed by atoms with van der Waals surface area (Å²) in [4.78, 5) is 4.62. The van der Waals surface area contributed by atoms with Crippen LogP contribution in [-0.4, -0.2) is 12.1 Å². The molecular formula is C24H26N2O. The van der Waals surface area contributed by atoms with Crippen LogP contribution in [0.4, 0.5) is 5.82 Å². The van der Waals surface area contributed by atoms with E-state index in [4.69, 9.17) is 10.5 Å². The highest BCUT2D eigenvalue weighted by molar-refractivity contribution is 5.39. The second-order valence-electron chi connectivity index (χ2n) is 7.48. The number of rotatable bonds is 7. The number of aromatic nitrogens is 1. The minimum atomic E-state index is 0.163. The first-order valence-corrected chi connectivity index (χ1v) is 9.65. The van der Waals surface area contributed by atoms with Gasteiger partial charge in [-0.15, -0.1) is 0 Å². The van der Waals surface area contributed by atoms with E-state index >= 15 is 0 Å². The first-order chi connectivity index (χ1) is 13.2. The molecule has 1 fully saturated rings. The minimum absolute atomic E-state index is 0.163. The van der Waals surface area contributed by atoms with Gasteiger partial charge in [-0.05, 0) is 72.6 Å². The predicted molar refractivity (Wildman–Crippen MR) is 110 cm³/mol. The highest BCUT2D eigenvalue weighted by atomic mass is 16.5. The number of nitrogen functional groups attached to an aromatic ring is 1. The van der Waals surface area contributed by atoms with Crippen molar-refractivity contribution in [2.75, 3.05) is 12.8 Å². The molecule has 1 unspecified atom stereocenters. The second-order valence-corrected chi connectivity index (χ2v) is 7.48. The van der Waals surface area contributed by atoms with Crippen LogP contribution in [0.2, 0.25) is 0 Å². The molecule has 0 aliphatic heterocycles. The minimum Gasteiger partial charge on any atom is -0.497 e. The fraction of sp³-hybridized carbons (Fsp3) is 0.292. The Morgan fingerprint density at radius 3 is 2.44 bits per heavy atom. The van der Waals surface area contributed by atoms with Crippen LogP contribution in [0.25, 0.3) is 0 Å². The maximum Gasteiger partial charge on any atom is 0.123 e. The Hall–Kier alpha value is -2.81. The van der Waals surface area contributed by atoms with Crippen LogP contribution >= 0.6 is 0 Å². The smallest absolute Gasteiger partial charge is 0.123 e. The Bertz CT molecular complexity index is 900. The molecule has 0 spiro atoms. The molecular weight excluding hydrogens is 332 g/mol. The molecule has 3 aromatic rings. The van der Waals surface area contributed by atoms with E-state index in [1.165, 1.54) is 36.0 Å². The van der Waals surface area contributed by atoms with Crippen LogP contribution < -0.4 is 10.5 Å². The normalized spacial score (nSPS) is 14.7. The third kappa shape index (κ3) is 4.48. The summed E-state index contributed by atoms with van der Waals surface area (Å²) in [6.07, 6.45) is 4.87. The molecule has 3 heteroatoms. The average Bonchev–Trinajstić information content (AvgIpc) is 3.50. The zero-order valence-corrected chi connectivity index (χ0v) is 15.8. The fourth-order valence-electron chi connectivity index (χ4n) is 3.67. The van der Waals surface area contributed by atoms with Gasteiger partial charge in [-0.3, -0.25) is 0 Å². The summed E-state index contributed by atoms with van der Waals surface area (Å²) in [7, 11) is 1.69. The molecule has 1 aromatic heterocycles. The largest absolute Gasteiger partial charge is 0.497 e. The van der Waals surface area contributed by atoms with Crippen molar-refractivity contribution in [3.05, 3.63) is 89.1 Å². The lowest BCUT2D eigenvalue weighted by atomic mass is 9.88. The highest BCUT2D eigenvalue weighted by Crippen LogP contribution is 2.34. The maximum absolute atomic E-state index is 5.97. The van der Waals surface area contributed by atoms with Crippen molar-refractivity contribution in [3.63, 3.8) is 0 Å². The molecule has 4 rings (SSSR count). The van der Waals surface area contributed by atoms with Crippen LogP contribution in [0.1, 0.15) is 41.1 Å². The summed E-state index contributed by atoms with van der Waals surface area (Å²) in [5.74, 6) is 2.49. The van der Waals surface area contributed by atoms with Gasteiger partial charge in [0.25, 0.3) is 0 Å². The van der Waals surface area contributed by atoms with E-state index in [2.05, 4.69) is 47.4 Å². The molecule has 1 aliphatic carbocycles. The van der Waals surface area contributed by atoms with Crippen LogP contribution in [0.5, 0.6) is 5.75 Å². The van der Waals surface area contributed by atoms with Gasteiger partial charge in [-0.25, -0.2) is 4.98 Å². The summed E-state index contributed by atoms with van der Waals surface area (Å²) < 4.78 is 5.31. The topological polar surface area (TPSA) is 48.1 Å². The lowest BCUT2D eigenvalue weighted by Crippen LogP contribution is -2.09. The zero-order valence-electron chi connectivity index (χ0n) is 15.8. The number of nitrogens with zero attached hydrogens (tertiary/aromatic N) is 1. The van der Waals surface area contributed by atoms with Crippen LogP contribution in [-0.2, 0) is 12.8 Å². The van der Waals surface area contributed by atoms with E-state index in [-0.39, 0.29) is 5.92 Å². The molecule has 2 aromatic carbocycles. The summed E-state index contributed by atoms with van der Waals surface area (Å²) in [6.45, 7) is 0. The van der Waals surface area contributed by atoms with Gasteiger partial charge in [0.1, 0.15) is 11.6 Å². The molecule has 1 saturated carbocycles. The van der Waals surface area contributed by atoms with Crippen molar-refractivity contribution < 1.29 is 4.74 Å². The maximum atomic E-state index is 5.97. The van der Waals surface area contributed by atoms with Gasteiger partial charge in [-0.2, -0.15) is 0 Å². The van der Waals surface area contributed by atoms with Crippen molar-refractivity contribution >= 4 is 5.82 Å². The van der Waals surface area contributed by atoms with E-state index in [1.807, 2.05) is 24.3 Å². The summed E-state index contributed by atoms with van der Waals surface area (Å²) >= 11 is 0.